The largest absolute Gasteiger partial charge is 0.374 e. The van der Waals surface area contributed by atoms with E-state index in [2.05, 4.69) is 15.6 Å². The van der Waals surface area contributed by atoms with Crippen LogP contribution in [-0.4, -0.2) is 19.9 Å². The van der Waals surface area contributed by atoms with Gasteiger partial charge in [-0.25, -0.2) is 4.39 Å². The monoisotopic (exact) mass is 251 g/mol. The van der Waals surface area contributed by atoms with E-state index < -0.39 is 10.7 Å². The number of hydrogen-bond donors (Lipinski definition) is 1. The molecule has 0 bridgehead atoms. The van der Waals surface area contributed by atoms with Crippen molar-refractivity contribution in [3.8, 4) is 0 Å². The van der Waals surface area contributed by atoms with Gasteiger partial charge in [0.05, 0.1) is 29.4 Å². The third-order valence-corrected chi connectivity index (χ3v) is 2.42. The molecule has 18 heavy (non-hydrogen) atoms. The summed E-state index contributed by atoms with van der Waals surface area (Å²) < 4.78 is 14.5. The number of aromatic nitrogens is 3. The molecule has 1 N–H and O–H groups in total. The van der Waals surface area contributed by atoms with Crippen molar-refractivity contribution >= 4 is 11.4 Å². The Bertz CT molecular complexity index is 583. The number of benzene rings is 1. The number of hydrogen-bond acceptors (Lipinski definition) is 5. The first kappa shape index (κ1) is 12.0. The smallest absolute Gasteiger partial charge is 0.295 e. The molecule has 2 aromatic rings. The van der Waals surface area contributed by atoms with Gasteiger partial charge in [-0.1, -0.05) is 5.21 Å². The first-order valence-corrected chi connectivity index (χ1v) is 5.09. The molecule has 1 aromatic heterocycles. The van der Waals surface area contributed by atoms with Crippen LogP contribution in [0, 0.1) is 15.9 Å². The zero-order valence-corrected chi connectivity index (χ0v) is 9.50. The predicted molar refractivity (Wildman–Crippen MR) is 61.4 cm³/mol. The van der Waals surface area contributed by atoms with E-state index in [4.69, 9.17) is 0 Å². The first-order valence-electron chi connectivity index (χ1n) is 5.09. The summed E-state index contributed by atoms with van der Waals surface area (Å²) in [5.74, 6) is -0.644. The van der Waals surface area contributed by atoms with Crippen LogP contribution in [0.5, 0.6) is 0 Å². The minimum Gasteiger partial charge on any atom is -0.374 e. The van der Waals surface area contributed by atoms with Gasteiger partial charge in [-0.15, -0.1) is 5.10 Å². The van der Waals surface area contributed by atoms with Crippen molar-refractivity contribution in [2.45, 2.75) is 6.54 Å². The zero-order chi connectivity index (χ0) is 13.1. The van der Waals surface area contributed by atoms with Crippen molar-refractivity contribution in [3.63, 3.8) is 0 Å². The van der Waals surface area contributed by atoms with Gasteiger partial charge in [-0.2, -0.15) is 0 Å². The standard InChI is InChI=1S/C10H10FN5O2/c1-15-8(6-13-14-15)5-12-9-3-2-7(11)4-10(9)16(17)18/h2-4,6,12H,5H2,1H3. The molecule has 94 valence electrons. The van der Waals surface area contributed by atoms with Crippen LogP contribution < -0.4 is 5.32 Å². The summed E-state index contributed by atoms with van der Waals surface area (Å²) in [5.41, 5.74) is 0.710. The van der Waals surface area contributed by atoms with Crippen molar-refractivity contribution in [2.75, 3.05) is 5.32 Å². The second-order valence-electron chi connectivity index (χ2n) is 3.62. The van der Waals surface area contributed by atoms with E-state index in [0.717, 1.165) is 17.8 Å². The molecule has 0 amide bonds. The van der Waals surface area contributed by atoms with Gasteiger partial charge >= 0.3 is 0 Å². The fraction of sp³-hybridized carbons (Fsp3) is 0.200. The minimum atomic E-state index is -0.644. The second kappa shape index (κ2) is 4.78. The molecule has 0 saturated carbocycles. The number of nitro groups is 1. The first-order chi connectivity index (χ1) is 8.58. The van der Waals surface area contributed by atoms with Gasteiger partial charge in [-0.05, 0) is 12.1 Å². The maximum Gasteiger partial charge on any atom is 0.295 e. The predicted octanol–water partition coefficient (Wildman–Crippen LogP) is 1.47. The third-order valence-electron chi connectivity index (χ3n) is 2.42. The molecule has 0 aliphatic heterocycles. The minimum absolute atomic E-state index is 0.252. The van der Waals surface area contributed by atoms with E-state index in [1.54, 1.807) is 17.9 Å². The second-order valence-corrected chi connectivity index (χ2v) is 3.62. The Morgan fingerprint density at radius 1 is 1.56 bits per heavy atom. The summed E-state index contributed by atoms with van der Waals surface area (Å²) in [4.78, 5) is 10.1. The lowest BCUT2D eigenvalue weighted by molar-refractivity contribution is -0.384. The number of rotatable bonds is 4. The highest BCUT2D eigenvalue weighted by molar-refractivity contribution is 5.61. The van der Waals surface area contributed by atoms with Crippen LogP contribution >= 0.6 is 0 Å². The number of anilines is 1. The van der Waals surface area contributed by atoms with E-state index in [0.29, 0.717) is 6.54 Å². The van der Waals surface area contributed by atoms with Crippen molar-refractivity contribution in [1.29, 1.82) is 0 Å². The molecule has 0 spiro atoms. The van der Waals surface area contributed by atoms with Crippen LogP contribution in [0.4, 0.5) is 15.8 Å². The molecule has 0 aliphatic carbocycles. The van der Waals surface area contributed by atoms with Gasteiger partial charge in [0.25, 0.3) is 5.69 Å². The molecule has 1 heterocycles. The van der Waals surface area contributed by atoms with Gasteiger partial charge in [0.15, 0.2) is 0 Å². The highest BCUT2D eigenvalue weighted by atomic mass is 19.1. The van der Waals surface area contributed by atoms with Crippen LogP contribution in [0.2, 0.25) is 0 Å². The Morgan fingerprint density at radius 3 is 2.94 bits per heavy atom. The number of nitrogens with one attached hydrogen (secondary N) is 1. The van der Waals surface area contributed by atoms with Crippen LogP contribution in [0.1, 0.15) is 5.69 Å². The summed E-state index contributed by atoms with van der Waals surface area (Å²) in [6.07, 6.45) is 1.54. The van der Waals surface area contributed by atoms with Gasteiger partial charge in [0.2, 0.25) is 0 Å². The van der Waals surface area contributed by atoms with Gasteiger partial charge < -0.3 is 5.32 Å². The van der Waals surface area contributed by atoms with Gasteiger partial charge in [-0.3, -0.25) is 14.8 Å². The highest BCUT2D eigenvalue weighted by Gasteiger charge is 2.14. The molecule has 7 nitrogen and oxygen atoms in total. The summed E-state index contributed by atoms with van der Waals surface area (Å²) in [5, 5.41) is 21.0. The number of nitrogens with zero attached hydrogens (tertiary/aromatic N) is 4. The van der Waals surface area contributed by atoms with Crippen LogP contribution in [0.25, 0.3) is 0 Å². The normalized spacial score (nSPS) is 10.3. The average molecular weight is 251 g/mol. The van der Waals surface area contributed by atoms with Crippen molar-refractivity contribution < 1.29 is 9.31 Å². The van der Waals surface area contributed by atoms with Gasteiger partial charge in [0, 0.05) is 7.05 Å². The lowest BCUT2D eigenvalue weighted by Crippen LogP contribution is -2.07. The molecule has 0 fully saturated rings. The topological polar surface area (TPSA) is 85.9 Å². The molecule has 1 aromatic carbocycles. The Balaban J connectivity index is 2.19. The number of aryl methyl sites for hydroxylation is 1. The van der Waals surface area contributed by atoms with Gasteiger partial charge in [0.1, 0.15) is 11.5 Å². The summed E-state index contributed by atoms with van der Waals surface area (Å²) in [6, 6.07) is 3.37. The molecule has 0 radical (unpaired) electrons. The van der Waals surface area contributed by atoms with Crippen molar-refractivity contribution in [2.24, 2.45) is 7.05 Å². The molecule has 2 rings (SSSR count). The Kier molecular flexibility index (Phi) is 3.18. The maximum atomic E-state index is 12.9. The third kappa shape index (κ3) is 2.42. The fourth-order valence-electron chi connectivity index (χ4n) is 1.46. The highest BCUT2D eigenvalue weighted by Crippen LogP contribution is 2.25. The van der Waals surface area contributed by atoms with Crippen molar-refractivity contribution in [3.05, 3.63) is 46.0 Å². The lowest BCUT2D eigenvalue weighted by atomic mass is 10.2. The van der Waals surface area contributed by atoms with E-state index in [1.807, 2.05) is 0 Å². The molecule has 8 heteroatoms. The molecule has 0 aliphatic rings. The van der Waals surface area contributed by atoms with Crippen molar-refractivity contribution in [1.82, 2.24) is 15.0 Å². The molecular weight excluding hydrogens is 241 g/mol. The van der Waals surface area contributed by atoms with E-state index in [9.17, 15) is 14.5 Å². The molecule has 0 atom stereocenters. The summed E-state index contributed by atoms with van der Waals surface area (Å²) >= 11 is 0. The fourth-order valence-corrected chi connectivity index (χ4v) is 1.46. The molecule has 0 saturated heterocycles. The SMILES string of the molecule is Cn1nncc1CNc1ccc(F)cc1[N+](=O)[O-]. The van der Waals surface area contributed by atoms with Crippen LogP contribution in [-0.2, 0) is 13.6 Å². The summed E-state index contributed by atoms with van der Waals surface area (Å²) in [6.45, 7) is 0.315. The average Bonchev–Trinajstić information content (AvgIpc) is 2.73. The Morgan fingerprint density at radius 2 is 2.33 bits per heavy atom. The van der Waals surface area contributed by atoms with Crippen LogP contribution in [0.3, 0.4) is 0 Å². The number of nitro benzene ring substituents is 1. The zero-order valence-electron chi connectivity index (χ0n) is 9.50. The molecule has 0 unspecified atom stereocenters. The van der Waals surface area contributed by atoms with E-state index in [1.165, 1.54) is 6.07 Å². The molecular formula is C10H10FN5O2. The Labute approximate surface area is 101 Å². The Hall–Kier alpha value is -2.51. The quantitative estimate of drug-likeness (QED) is 0.657. The van der Waals surface area contributed by atoms with E-state index >= 15 is 0 Å². The number of halogens is 1. The van der Waals surface area contributed by atoms with Crippen LogP contribution in [0.15, 0.2) is 24.4 Å². The van der Waals surface area contributed by atoms with E-state index in [-0.39, 0.29) is 11.4 Å². The lowest BCUT2D eigenvalue weighted by Gasteiger charge is -2.06. The summed E-state index contributed by atoms with van der Waals surface area (Å²) in [7, 11) is 1.71. The maximum absolute atomic E-state index is 12.9.